The van der Waals surface area contributed by atoms with Gasteiger partial charge in [0.15, 0.2) is 0 Å². The molecule has 0 aromatic heterocycles. The molecule has 1 atom stereocenters. The molecule has 1 aromatic carbocycles. The van der Waals surface area contributed by atoms with Gasteiger partial charge in [-0.25, -0.2) is 0 Å². The fourth-order valence-corrected chi connectivity index (χ4v) is 2.42. The fraction of sp³-hybridized carbons (Fsp3) is 0.385. The highest BCUT2D eigenvalue weighted by Gasteiger charge is 2.46. The van der Waals surface area contributed by atoms with Gasteiger partial charge in [-0.2, -0.15) is 13.2 Å². The molecule has 1 aliphatic rings. The van der Waals surface area contributed by atoms with Crippen molar-refractivity contribution in [3.63, 3.8) is 0 Å². The molecule has 0 saturated carbocycles. The van der Waals surface area contributed by atoms with E-state index >= 15 is 0 Å². The van der Waals surface area contributed by atoms with Gasteiger partial charge in [-0.3, -0.25) is 9.59 Å². The molecule has 0 radical (unpaired) electrons. The Balaban J connectivity index is 2.33. The Morgan fingerprint density at radius 1 is 1.32 bits per heavy atom. The summed E-state index contributed by atoms with van der Waals surface area (Å²) in [6.07, 6.45) is -3.34. The van der Waals surface area contributed by atoms with Crippen molar-refractivity contribution in [1.82, 2.24) is 4.90 Å². The summed E-state index contributed by atoms with van der Waals surface area (Å²) in [5, 5.41) is 0. The lowest BCUT2D eigenvalue weighted by Gasteiger charge is -2.26. The van der Waals surface area contributed by atoms with Gasteiger partial charge in [-0.15, -0.1) is 0 Å². The normalized spacial score (nSPS) is 19.5. The van der Waals surface area contributed by atoms with Crippen LogP contribution in [-0.4, -0.2) is 29.8 Å². The van der Waals surface area contributed by atoms with Crippen LogP contribution in [0.3, 0.4) is 0 Å². The highest BCUT2D eigenvalue weighted by molar-refractivity contribution is 5.83. The zero-order valence-corrected chi connectivity index (χ0v) is 9.98. The van der Waals surface area contributed by atoms with Crippen molar-refractivity contribution < 1.29 is 22.8 Å². The predicted octanol–water partition coefficient (Wildman–Crippen LogP) is 2.72. The second-order valence-electron chi connectivity index (χ2n) is 4.40. The van der Waals surface area contributed by atoms with Gasteiger partial charge in [0.05, 0.1) is 6.04 Å². The number of benzene rings is 1. The van der Waals surface area contributed by atoms with E-state index < -0.39 is 18.1 Å². The summed E-state index contributed by atoms with van der Waals surface area (Å²) in [4.78, 5) is 23.1. The Hall–Kier alpha value is -1.85. The van der Waals surface area contributed by atoms with Crippen LogP contribution in [-0.2, 0) is 4.79 Å². The lowest BCUT2D eigenvalue weighted by molar-refractivity contribution is -0.186. The molecule has 0 N–H and O–H groups in total. The van der Waals surface area contributed by atoms with Gasteiger partial charge < -0.3 is 4.90 Å². The number of carbonyl (C=O) groups excluding carboxylic acids is 2. The minimum atomic E-state index is -4.88. The lowest BCUT2D eigenvalue weighted by atomic mass is 9.99. The third-order valence-corrected chi connectivity index (χ3v) is 3.24. The molecule has 1 fully saturated rings. The number of aldehydes is 1. The van der Waals surface area contributed by atoms with E-state index in [2.05, 4.69) is 0 Å². The number of hydrogen-bond donors (Lipinski definition) is 0. The molecule has 0 aliphatic carbocycles. The molecule has 1 aliphatic heterocycles. The SMILES string of the molecule is O=Cc1ccccc1C1CCCN1C(=O)C(F)(F)F. The van der Waals surface area contributed by atoms with Crippen LogP contribution in [0.15, 0.2) is 24.3 Å². The molecular weight excluding hydrogens is 259 g/mol. The van der Waals surface area contributed by atoms with E-state index in [9.17, 15) is 22.8 Å². The first-order chi connectivity index (χ1) is 8.95. The number of alkyl halides is 3. The van der Waals surface area contributed by atoms with Crippen molar-refractivity contribution in [3.05, 3.63) is 35.4 Å². The molecule has 3 nitrogen and oxygen atoms in total. The average Bonchev–Trinajstić information content (AvgIpc) is 2.85. The van der Waals surface area contributed by atoms with E-state index in [1.807, 2.05) is 0 Å². The second-order valence-corrected chi connectivity index (χ2v) is 4.40. The Bertz CT molecular complexity index is 499. The highest BCUT2D eigenvalue weighted by atomic mass is 19.4. The topological polar surface area (TPSA) is 37.4 Å². The van der Waals surface area contributed by atoms with Crippen molar-refractivity contribution in [2.75, 3.05) is 6.54 Å². The Labute approximate surface area is 108 Å². The van der Waals surface area contributed by atoms with E-state index in [0.717, 1.165) is 4.90 Å². The molecule has 1 heterocycles. The van der Waals surface area contributed by atoms with E-state index in [1.54, 1.807) is 18.2 Å². The maximum Gasteiger partial charge on any atom is 0.471 e. The summed E-state index contributed by atoms with van der Waals surface area (Å²) in [6.45, 7) is 0.0657. The zero-order chi connectivity index (χ0) is 14.0. The summed E-state index contributed by atoms with van der Waals surface area (Å²) in [7, 11) is 0. The minimum Gasteiger partial charge on any atom is -0.328 e. The molecule has 1 unspecified atom stereocenters. The third kappa shape index (κ3) is 2.62. The fourth-order valence-electron chi connectivity index (χ4n) is 2.42. The maximum atomic E-state index is 12.5. The molecule has 19 heavy (non-hydrogen) atoms. The highest BCUT2D eigenvalue weighted by Crippen LogP contribution is 2.36. The van der Waals surface area contributed by atoms with Gasteiger partial charge in [0.1, 0.15) is 6.29 Å². The van der Waals surface area contributed by atoms with Crippen LogP contribution in [0.25, 0.3) is 0 Å². The lowest BCUT2D eigenvalue weighted by Crippen LogP contribution is -2.40. The maximum absolute atomic E-state index is 12.5. The van der Waals surface area contributed by atoms with Crippen molar-refractivity contribution in [2.24, 2.45) is 0 Å². The third-order valence-electron chi connectivity index (χ3n) is 3.24. The van der Waals surface area contributed by atoms with E-state index in [0.29, 0.717) is 30.3 Å². The molecule has 102 valence electrons. The number of nitrogens with zero attached hydrogens (tertiary/aromatic N) is 1. The summed E-state index contributed by atoms with van der Waals surface area (Å²) in [6, 6.07) is 5.75. The first kappa shape index (κ1) is 13.6. The van der Waals surface area contributed by atoms with Gasteiger partial charge >= 0.3 is 12.1 Å². The predicted molar refractivity (Wildman–Crippen MR) is 61.6 cm³/mol. The largest absolute Gasteiger partial charge is 0.471 e. The Morgan fingerprint density at radius 3 is 2.63 bits per heavy atom. The monoisotopic (exact) mass is 271 g/mol. The van der Waals surface area contributed by atoms with Crippen LogP contribution in [0.2, 0.25) is 0 Å². The zero-order valence-electron chi connectivity index (χ0n) is 9.98. The number of likely N-dealkylation sites (tertiary alicyclic amines) is 1. The van der Waals surface area contributed by atoms with E-state index in [1.165, 1.54) is 6.07 Å². The average molecular weight is 271 g/mol. The van der Waals surface area contributed by atoms with Crippen LogP contribution < -0.4 is 0 Å². The van der Waals surface area contributed by atoms with Gasteiger partial charge in [0.25, 0.3) is 0 Å². The summed E-state index contributed by atoms with van der Waals surface area (Å²) >= 11 is 0. The van der Waals surface area contributed by atoms with Crippen LogP contribution in [0.4, 0.5) is 13.2 Å². The van der Waals surface area contributed by atoms with Crippen LogP contribution in [0, 0.1) is 0 Å². The molecule has 1 saturated heterocycles. The minimum absolute atomic E-state index is 0.0657. The molecule has 1 amide bonds. The summed E-state index contributed by atoms with van der Waals surface area (Å²) in [5.41, 5.74) is 0.807. The smallest absolute Gasteiger partial charge is 0.328 e. The van der Waals surface area contributed by atoms with Gasteiger partial charge in [-0.05, 0) is 18.4 Å². The Morgan fingerprint density at radius 2 is 2.00 bits per heavy atom. The number of carbonyl (C=O) groups is 2. The van der Waals surface area contributed by atoms with E-state index in [-0.39, 0.29) is 6.54 Å². The number of halogens is 3. The van der Waals surface area contributed by atoms with Gasteiger partial charge in [0.2, 0.25) is 0 Å². The standard InChI is InChI=1S/C13H12F3NO2/c14-13(15,16)12(19)17-7-3-6-11(17)10-5-2-1-4-9(10)8-18/h1-2,4-5,8,11H,3,6-7H2. The Kier molecular flexibility index (Phi) is 3.59. The summed E-state index contributed by atoms with van der Waals surface area (Å²) < 4.78 is 37.5. The molecule has 0 bridgehead atoms. The molecule has 0 spiro atoms. The van der Waals surface area contributed by atoms with Crippen molar-refractivity contribution >= 4 is 12.2 Å². The van der Waals surface area contributed by atoms with Crippen molar-refractivity contribution in [3.8, 4) is 0 Å². The molecule has 1 aromatic rings. The first-order valence-electron chi connectivity index (χ1n) is 5.87. The number of hydrogen-bond acceptors (Lipinski definition) is 2. The molecule has 2 rings (SSSR count). The van der Waals surface area contributed by atoms with Gasteiger partial charge in [-0.1, -0.05) is 24.3 Å². The van der Waals surface area contributed by atoms with Crippen LogP contribution in [0.5, 0.6) is 0 Å². The molecular formula is C13H12F3NO2. The first-order valence-corrected chi connectivity index (χ1v) is 5.87. The number of rotatable bonds is 2. The number of amides is 1. The van der Waals surface area contributed by atoms with E-state index in [4.69, 9.17) is 0 Å². The quantitative estimate of drug-likeness (QED) is 0.776. The second kappa shape index (κ2) is 5.03. The van der Waals surface area contributed by atoms with Crippen LogP contribution in [0.1, 0.15) is 34.8 Å². The van der Waals surface area contributed by atoms with Gasteiger partial charge in [0, 0.05) is 12.1 Å². The van der Waals surface area contributed by atoms with Crippen molar-refractivity contribution in [2.45, 2.75) is 25.1 Å². The van der Waals surface area contributed by atoms with Crippen molar-refractivity contribution in [1.29, 1.82) is 0 Å². The molecule has 6 heteroatoms. The summed E-state index contributed by atoms with van der Waals surface area (Å²) in [5.74, 6) is -1.84. The van der Waals surface area contributed by atoms with Crippen LogP contribution >= 0.6 is 0 Å².